The second-order valence-corrected chi connectivity index (χ2v) is 18.7. The molecule has 326 valence electrons. The smallest absolute Gasteiger partial charge is 0.136 e. The van der Waals surface area contributed by atoms with Crippen molar-refractivity contribution in [3.63, 3.8) is 0 Å². The van der Waals surface area contributed by atoms with Crippen LogP contribution in [0.4, 0.5) is 17.1 Å². The molecule has 2 aliphatic carbocycles. The van der Waals surface area contributed by atoms with Gasteiger partial charge in [-0.25, -0.2) is 0 Å². The molecule has 2 aromatic heterocycles. The van der Waals surface area contributed by atoms with Gasteiger partial charge in [-0.2, -0.15) is 0 Å². The Kier molecular flexibility index (Phi) is 8.28. The molecule has 0 radical (unpaired) electrons. The maximum atomic E-state index is 6.61. The third kappa shape index (κ3) is 5.40. The average Bonchev–Trinajstić information content (AvgIpc) is 4.05. The van der Waals surface area contributed by atoms with Gasteiger partial charge in [-0.1, -0.05) is 182 Å². The minimum absolute atomic E-state index is 0.650. The summed E-state index contributed by atoms with van der Waals surface area (Å²) in [6.45, 7) is 0. The minimum atomic E-state index is -0.650. The Bertz CT molecular complexity index is 4240. The van der Waals surface area contributed by atoms with Gasteiger partial charge in [-0.3, -0.25) is 0 Å². The topological polar surface area (TPSA) is 21.3 Å². The lowest BCUT2D eigenvalue weighted by molar-refractivity contribution is 0.668. The van der Waals surface area contributed by atoms with Crippen molar-refractivity contribution in [1.29, 1.82) is 0 Å². The van der Waals surface area contributed by atoms with Crippen LogP contribution in [0.15, 0.2) is 259 Å². The second kappa shape index (κ2) is 14.9. The Morgan fingerprint density at radius 2 is 0.871 bits per heavy atom. The molecule has 70 heavy (non-hydrogen) atoms. The van der Waals surface area contributed by atoms with Gasteiger partial charge in [0.2, 0.25) is 0 Å². The summed E-state index contributed by atoms with van der Waals surface area (Å²) in [5.41, 5.74) is 22.7. The van der Waals surface area contributed by atoms with E-state index < -0.39 is 5.41 Å². The Morgan fingerprint density at radius 1 is 0.329 bits per heavy atom. The number of anilines is 3. The highest BCUT2D eigenvalue weighted by Gasteiger charge is 2.50. The fourth-order valence-corrected chi connectivity index (χ4v) is 12.4. The predicted molar refractivity (Wildman–Crippen MR) is 290 cm³/mol. The molecule has 0 bridgehead atoms. The molecule has 3 nitrogen and oxygen atoms in total. The molecule has 0 fully saturated rings. The summed E-state index contributed by atoms with van der Waals surface area (Å²) in [5.74, 6) is 0. The van der Waals surface area contributed by atoms with Crippen LogP contribution >= 0.6 is 0 Å². The zero-order valence-corrected chi connectivity index (χ0v) is 38.1. The minimum Gasteiger partial charge on any atom is -0.456 e. The molecule has 11 aromatic carbocycles. The summed E-state index contributed by atoms with van der Waals surface area (Å²) in [7, 11) is 0. The number of hydrogen-bond acceptors (Lipinski definition) is 2. The van der Waals surface area contributed by atoms with E-state index in [9.17, 15) is 0 Å². The van der Waals surface area contributed by atoms with E-state index in [2.05, 4.69) is 264 Å². The first-order chi connectivity index (χ1) is 34.7. The molecular formula is C67H42N2O. The van der Waals surface area contributed by atoms with Gasteiger partial charge < -0.3 is 13.9 Å². The quantitative estimate of drug-likeness (QED) is 0.172. The molecule has 15 rings (SSSR count). The number of aromatic nitrogens is 1. The van der Waals surface area contributed by atoms with Gasteiger partial charge in [0, 0.05) is 44.3 Å². The van der Waals surface area contributed by atoms with E-state index >= 15 is 0 Å². The van der Waals surface area contributed by atoms with E-state index in [-0.39, 0.29) is 0 Å². The first-order valence-electron chi connectivity index (χ1n) is 24.2. The normalized spacial score (nSPS) is 14.3. The predicted octanol–water partition coefficient (Wildman–Crippen LogP) is 17.8. The summed E-state index contributed by atoms with van der Waals surface area (Å²) in [6.07, 6.45) is 0. The molecule has 0 saturated carbocycles. The summed E-state index contributed by atoms with van der Waals surface area (Å²) < 4.78 is 9.00. The molecule has 2 aliphatic rings. The van der Waals surface area contributed by atoms with Crippen LogP contribution in [0.1, 0.15) is 22.3 Å². The van der Waals surface area contributed by atoms with Crippen molar-refractivity contribution in [2.45, 2.75) is 5.41 Å². The molecule has 0 N–H and O–H groups in total. The summed E-state index contributed by atoms with van der Waals surface area (Å²) in [4.78, 5) is 2.45. The molecular weight excluding hydrogens is 849 g/mol. The lowest BCUT2D eigenvalue weighted by Gasteiger charge is -2.36. The Balaban J connectivity index is 1.02. The summed E-state index contributed by atoms with van der Waals surface area (Å²) >= 11 is 0. The maximum Gasteiger partial charge on any atom is 0.136 e. The van der Waals surface area contributed by atoms with Crippen LogP contribution in [0, 0.1) is 0 Å². The molecule has 2 heterocycles. The van der Waals surface area contributed by atoms with Crippen LogP contribution in [0.5, 0.6) is 0 Å². The Labute approximate surface area is 405 Å². The Morgan fingerprint density at radius 3 is 1.67 bits per heavy atom. The van der Waals surface area contributed by atoms with Crippen molar-refractivity contribution in [3.05, 3.63) is 277 Å². The van der Waals surface area contributed by atoms with Crippen LogP contribution < -0.4 is 4.90 Å². The first kappa shape index (κ1) is 38.9. The number of para-hydroxylation sites is 3. The van der Waals surface area contributed by atoms with Gasteiger partial charge in [0.05, 0.1) is 16.4 Å². The van der Waals surface area contributed by atoms with E-state index in [1.54, 1.807) is 0 Å². The highest BCUT2D eigenvalue weighted by Crippen LogP contribution is 2.63. The average molecular weight is 891 g/mol. The van der Waals surface area contributed by atoms with Crippen LogP contribution in [0.2, 0.25) is 0 Å². The number of benzene rings is 11. The Hall–Kier alpha value is -9.18. The van der Waals surface area contributed by atoms with Crippen molar-refractivity contribution in [3.8, 4) is 50.2 Å². The fourth-order valence-electron chi connectivity index (χ4n) is 12.4. The standard InChI is InChI=1S/C67H42N2O/c1-3-17-43(18-4-1)44-31-33-46(34-32-44)68(48-36-39-62-56(42-48)52-24-11-15-29-61(52)69(62)45-19-5-2-6-20-45)47-35-37-59-55(41-47)50-22-8-7-21-49(50)51-23-9-13-27-57(51)67(59)58-28-14-10-25-53(58)65-60(67)38-40-64-66(65)54-26-12-16-30-63(54)70-64/h1-42H. The lowest BCUT2D eigenvalue weighted by Crippen LogP contribution is -2.29. The molecule has 3 heteroatoms. The molecule has 0 amide bonds. The zero-order valence-electron chi connectivity index (χ0n) is 38.1. The summed E-state index contributed by atoms with van der Waals surface area (Å²) in [6, 6.07) is 93.8. The van der Waals surface area contributed by atoms with Gasteiger partial charge in [0.1, 0.15) is 11.2 Å². The molecule has 13 aromatic rings. The van der Waals surface area contributed by atoms with Crippen molar-refractivity contribution in [1.82, 2.24) is 4.57 Å². The van der Waals surface area contributed by atoms with Crippen molar-refractivity contribution >= 4 is 60.8 Å². The number of furan rings is 1. The van der Waals surface area contributed by atoms with Crippen LogP contribution in [-0.4, -0.2) is 4.57 Å². The van der Waals surface area contributed by atoms with Crippen LogP contribution in [-0.2, 0) is 5.41 Å². The molecule has 0 saturated heterocycles. The second-order valence-electron chi connectivity index (χ2n) is 18.7. The van der Waals surface area contributed by atoms with Crippen molar-refractivity contribution in [2.24, 2.45) is 0 Å². The SMILES string of the molecule is c1ccc(-c2ccc(N(c3ccc4c(c3)-c3ccccc3-c3ccccc3C43c4ccccc4-c4c3ccc3oc5ccccc5c43)c3ccc4c(c3)c3ccccc3n4-c3ccccc3)cc2)cc1. The molecule has 1 atom stereocenters. The van der Waals surface area contributed by atoms with Gasteiger partial charge in [-0.05, 0) is 140 Å². The molecule has 1 unspecified atom stereocenters. The fraction of sp³-hybridized carbons (Fsp3) is 0.0149. The van der Waals surface area contributed by atoms with Gasteiger partial charge in [0.15, 0.2) is 0 Å². The number of rotatable bonds is 5. The zero-order chi connectivity index (χ0) is 45.9. The third-order valence-corrected chi connectivity index (χ3v) is 15.2. The van der Waals surface area contributed by atoms with E-state index in [0.717, 1.165) is 39.3 Å². The monoisotopic (exact) mass is 890 g/mol. The third-order valence-electron chi connectivity index (χ3n) is 15.2. The highest BCUT2D eigenvalue weighted by molar-refractivity contribution is 6.16. The van der Waals surface area contributed by atoms with Gasteiger partial charge in [-0.15, -0.1) is 0 Å². The van der Waals surface area contributed by atoms with E-state index in [0.29, 0.717) is 0 Å². The first-order valence-corrected chi connectivity index (χ1v) is 24.2. The van der Waals surface area contributed by atoms with E-state index in [1.165, 1.54) is 94.0 Å². The van der Waals surface area contributed by atoms with Crippen molar-refractivity contribution in [2.75, 3.05) is 4.90 Å². The number of nitrogens with zero attached hydrogens (tertiary/aromatic N) is 2. The highest BCUT2D eigenvalue weighted by atomic mass is 16.3. The van der Waals surface area contributed by atoms with Gasteiger partial charge >= 0.3 is 0 Å². The van der Waals surface area contributed by atoms with Crippen LogP contribution in [0.25, 0.3) is 93.9 Å². The van der Waals surface area contributed by atoms with E-state index in [1.807, 2.05) is 0 Å². The largest absolute Gasteiger partial charge is 0.456 e. The van der Waals surface area contributed by atoms with Crippen LogP contribution in [0.3, 0.4) is 0 Å². The lowest BCUT2D eigenvalue weighted by atomic mass is 9.66. The van der Waals surface area contributed by atoms with Crippen molar-refractivity contribution < 1.29 is 4.42 Å². The molecule has 1 spiro atoms. The maximum absolute atomic E-state index is 6.61. The molecule has 0 aliphatic heterocycles. The van der Waals surface area contributed by atoms with E-state index in [4.69, 9.17) is 4.42 Å². The summed E-state index contributed by atoms with van der Waals surface area (Å²) in [5, 5.41) is 4.73. The number of fused-ring (bicyclic) bond motifs is 19. The van der Waals surface area contributed by atoms with Gasteiger partial charge in [0.25, 0.3) is 0 Å². The number of hydrogen-bond donors (Lipinski definition) is 0.